The van der Waals surface area contributed by atoms with E-state index >= 15 is 0 Å². The number of carbonyl (C=O) groups is 1. The first kappa shape index (κ1) is 14.8. The van der Waals surface area contributed by atoms with E-state index in [9.17, 15) is 13.2 Å². The average molecular weight is 298 g/mol. The standard InChI is InChI=1S/C13H18N2O4S/c1-3-12-13(16)14-7-8-15(12)20(17,18)11-6-4-5-10(9-11)19-2/h4-6,9,12H,3,7-8H2,1-2H3,(H,14,16). The minimum Gasteiger partial charge on any atom is -0.497 e. The van der Waals surface area contributed by atoms with Gasteiger partial charge in [-0.2, -0.15) is 4.31 Å². The number of nitrogens with zero attached hydrogens (tertiary/aromatic N) is 1. The van der Waals surface area contributed by atoms with Gasteiger partial charge in [0.05, 0.1) is 12.0 Å². The van der Waals surface area contributed by atoms with Crippen molar-refractivity contribution >= 4 is 15.9 Å². The zero-order valence-electron chi connectivity index (χ0n) is 11.5. The van der Waals surface area contributed by atoms with Crippen molar-refractivity contribution in [1.82, 2.24) is 9.62 Å². The van der Waals surface area contributed by atoms with Crippen molar-refractivity contribution in [1.29, 1.82) is 0 Å². The van der Waals surface area contributed by atoms with E-state index in [1.54, 1.807) is 19.1 Å². The van der Waals surface area contributed by atoms with Gasteiger partial charge in [-0.15, -0.1) is 0 Å². The molecule has 1 unspecified atom stereocenters. The highest BCUT2D eigenvalue weighted by Crippen LogP contribution is 2.24. The molecule has 1 heterocycles. The first-order chi connectivity index (χ1) is 9.50. The fraction of sp³-hybridized carbons (Fsp3) is 0.462. The lowest BCUT2D eigenvalue weighted by Gasteiger charge is -2.33. The molecule has 1 aliphatic rings. The second kappa shape index (κ2) is 5.80. The Bertz CT molecular complexity index is 600. The summed E-state index contributed by atoms with van der Waals surface area (Å²) < 4.78 is 31.6. The Balaban J connectivity index is 2.40. The molecule has 1 aromatic rings. The molecule has 0 radical (unpaired) electrons. The molecule has 0 spiro atoms. The van der Waals surface area contributed by atoms with Gasteiger partial charge in [-0.05, 0) is 18.6 Å². The fourth-order valence-electron chi connectivity index (χ4n) is 2.27. The third-order valence-corrected chi connectivity index (χ3v) is 5.22. The molecule has 1 atom stereocenters. The van der Waals surface area contributed by atoms with Gasteiger partial charge >= 0.3 is 0 Å². The van der Waals surface area contributed by atoms with Gasteiger partial charge in [-0.3, -0.25) is 4.79 Å². The Kier molecular flexibility index (Phi) is 4.29. The molecule has 110 valence electrons. The molecule has 20 heavy (non-hydrogen) atoms. The number of piperazine rings is 1. The molecule has 1 amide bonds. The molecule has 1 aliphatic heterocycles. The molecule has 2 rings (SSSR count). The van der Waals surface area contributed by atoms with Crippen LogP contribution >= 0.6 is 0 Å². The quantitative estimate of drug-likeness (QED) is 0.883. The molecule has 0 bridgehead atoms. The zero-order chi connectivity index (χ0) is 14.8. The largest absolute Gasteiger partial charge is 0.497 e. The molecule has 1 aromatic carbocycles. The lowest BCUT2D eigenvalue weighted by molar-refractivity contribution is -0.126. The predicted molar refractivity (Wildman–Crippen MR) is 74.0 cm³/mol. The summed E-state index contributed by atoms with van der Waals surface area (Å²) in [4.78, 5) is 11.9. The summed E-state index contributed by atoms with van der Waals surface area (Å²) in [6.07, 6.45) is 0.440. The Morgan fingerprint density at radius 3 is 2.85 bits per heavy atom. The van der Waals surface area contributed by atoms with Crippen molar-refractivity contribution in [2.75, 3.05) is 20.2 Å². The molecule has 1 saturated heterocycles. The number of benzene rings is 1. The minimum atomic E-state index is -3.70. The second-order valence-corrected chi connectivity index (χ2v) is 6.40. The van der Waals surface area contributed by atoms with E-state index in [-0.39, 0.29) is 17.3 Å². The summed E-state index contributed by atoms with van der Waals surface area (Å²) in [5, 5.41) is 2.69. The lowest BCUT2D eigenvalue weighted by atomic mass is 10.2. The van der Waals surface area contributed by atoms with Gasteiger partial charge in [-0.1, -0.05) is 13.0 Å². The Morgan fingerprint density at radius 2 is 2.20 bits per heavy atom. The smallest absolute Gasteiger partial charge is 0.243 e. The maximum absolute atomic E-state index is 12.7. The SMILES string of the molecule is CCC1C(=O)NCCN1S(=O)(=O)c1cccc(OC)c1. The Morgan fingerprint density at radius 1 is 1.45 bits per heavy atom. The lowest BCUT2D eigenvalue weighted by Crippen LogP contribution is -2.56. The molecule has 7 heteroatoms. The highest BCUT2D eigenvalue weighted by Gasteiger charge is 2.37. The summed E-state index contributed by atoms with van der Waals surface area (Å²) in [7, 11) is -2.22. The van der Waals surface area contributed by atoms with E-state index in [1.165, 1.54) is 23.5 Å². The molecule has 6 nitrogen and oxygen atoms in total. The van der Waals surface area contributed by atoms with Crippen molar-refractivity contribution in [2.45, 2.75) is 24.3 Å². The summed E-state index contributed by atoms with van der Waals surface area (Å²) in [5.41, 5.74) is 0. The van der Waals surface area contributed by atoms with Crippen LogP contribution in [0.2, 0.25) is 0 Å². The number of amides is 1. The number of hydrogen-bond acceptors (Lipinski definition) is 4. The van der Waals surface area contributed by atoms with E-state index in [0.29, 0.717) is 18.7 Å². The van der Waals surface area contributed by atoms with E-state index < -0.39 is 16.1 Å². The van der Waals surface area contributed by atoms with Crippen LogP contribution in [0.25, 0.3) is 0 Å². The van der Waals surface area contributed by atoms with E-state index in [0.717, 1.165) is 0 Å². The van der Waals surface area contributed by atoms with Gasteiger partial charge < -0.3 is 10.1 Å². The molecular weight excluding hydrogens is 280 g/mol. The van der Waals surface area contributed by atoms with E-state index in [2.05, 4.69) is 5.32 Å². The number of hydrogen-bond donors (Lipinski definition) is 1. The van der Waals surface area contributed by atoms with Crippen molar-refractivity contribution in [3.05, 3.63) is 24.3 Å². The maximum atomic E-state index is 12.7. The van der Waals surface area contributed by atoms with Crippen molar-refractivity contribution in [3.63, 3.8) is 0 Å². The minimum absolute atomic E-state index is 0.144. The molecular formula is C13H18N2O4S. The number of methoxy groups -OCH3 is 1. The second-order valence-electron chi connectivity index (χ2n) is 4.51. The van der Waals surface area contributed by atoms with Gasteiger partial charge in [0.15, 0.2) is 0 Å². The molecule has 1 N–H and O–H groups in total. The van der Waals surface area contributed by atoms with Crippen LogP contribution in [0.1, 0.15) is 13.3 Å². The van der Waals surface area contributed by atoms with Crippen LogP contribution in [0.4, 0.5) is 0 Å². The van der Waals surface area contributed by atoms with Crippen LogP contribution < -0.4 is 10.1 Å². The highest BCUT2D eigenvalue weighted by atomic mass is 32.2. The molecule has 1 fully saturated rings. The maximum Gasteiger partial charge on any atom is 0.243 e. The van der Waals surface area contributed by atoms with Crippen LogP contribution in [0, 0.1) is 0 Å². The number of sulfonamides is 1. The topological polar surface area (TPSA) is 75.7 Å². The summed E-state index contributed by atoms with van der Waals surface area (Å²) in [6, 6.07) is 5.63. The van der Waals surface area contributed by atoms with Crippen molar-refractivity contribution < 1.29 is 17.9 Å². The number of carbonyl (C=O) groups excluding carboxylic acids is 1. The van der Waals surface area contributed by atoms with Crippen LogP contribution in [-0.2, 0) is 14.8 Å². The summed E-state index contributed by atoms with van der Waals surface area (Å²) in [5.74, 6) is 0.228. The summed E-state index contributed by atoms with van der Waals surface area (Å²) in [6.45, 7) is 2.41. The Hall–Kier alpha value is -1.60. The third-order valence-electron chi connectivity index (χ3n) is 3.32. The first-order valence-corrected chi connectivity index (χ1v) is 7.88. The fourth-order valence-corrected chi connectivity index (χ4v) is 3.97. The summed E-state index contributed by atoms with van der Waals surface area (Å²) >= 11 is 0. The normalized spacial score (nSPS) is 20.5. The van der Waals surface area contributed by atoms with Crippen molar-refractivity contribution in [2.24, 2.45) is 0 Å². The number of rotatable bonds is 4. The van der Waals surface area contributed by atoms with Gasteiger partial charge in [0, 0.05) is 19.2 Å². The van der Waals surface area contributed by atoms with Gasteiger partial charge in [-0.25, -0.2) is 8.42 Å². The first-order valence-electron chi connectivity index (χ1n) is 6.44. The van der Waals surface area contributed by atoms with Crippen molar-refractivity contribution in [3.8, 4) is 5.75 Å². The van der Waals surface area contributed by atoms with E-state index in [4.69, 9.17) is 4.74 Å². The zero-order valence-corrected chi connectivity index (χ0v) is 12.3. The average Bonchev–Trinajstić information content (AvgIpc) is 2.47. The van der Waals surface area contributed by atoms with Gasteiger partial charge in [0.2, 0.25) is 15.9 Å². The van der Waals surface area contributed by atoms with Gasteiger partial charge in [0.25, 0.3) is 0 Å². The molecule has 0 aromatic heterocycles. The van der Waals surface area contributed by atoms with Crippen LogP contribution in [0.5, 0.6) is 5.75 Å². The highest BCUT2D eigenvalue weighted by molar-refractivity contribution is 7.89. The van der Waals surface area contributed by atoms with Gasteiger partial charge in [0.1, 0.15) is 11.8 Å². The van der Waals surface area contributed by atoms with E-state index in [1.807, 2.05) is 0 Å². The Labute approximate surface area is 118 Å². The van der Waals surface area contributed by atoms with Crippen LogP contribution in [0.15, 0.2) is 29.2 Å². The third kappa shape index (κ3) is 2.64. The molecule has 0 aliphatic carbocycles. The van der Waals surface area contributed by atoms with Crippen LogP contribution in [-0.4, -0.2) is 44.9 Å². The molecule has 0 saturated carbocycles. The number of nitrogens with one attached hydrogen (secondary N) is 1. The predicted octanol–water partition coefficient (Wildman–Crippen LogP) is 0.594. The van der Waals surface area contributed by atoms with Crippen LogP contribution in [0.3, 0.4) is 0 Å². The monoisotopic (exact) mass is 298 g/mol. The number of ether oxygens (including phenoxy) is 1.